The predicted molar refractivity (Wildman–Crippen MR) is 128 cm³/mol. The van der Waals surface area contributed by atoms with Gasteiger partial charge in [-0.15, -0.1) is 0 Å². The molecule has 0 bridgehead atoms. The zero-order chi connectivity index (χ0) is 22.2. The number of thiazole rings is 1. The van der Waals surface area contributed by atoms with Crippen LogP contribution < -0.4 is 15.3 Å². The molecule has 0 N–H and O–H groups in total. The molecule has 0 saturated heterocycles. The predicted octanol–water partition coefficient (Wildman–Crippen LogP) is 5.62. The average Bonchev–Trinajstić information content (AvgIpc) is 3.22. The van der Waals surface area contributed by atoms with Crippen molar-refractivity contribution in [1.82, 2.24) is 4.98 Å². The lowest BCUT2D eigenvalue weighted by atomic mass is 10.0. The zero-order valence-electron chi connectivity index (χ0n) is 17.6. The number of fused-ring (bicyclic) bond motifs is 4. The second-order valence-electron chi connectivity index (χ2n) is 7.33. The number of carbonyl (C=O) groups excluding carboxylic acids is 1. The normalized spacial score (nSPS) is 11.3. The van der Waals surface area contributed by atoms with Gasteiger partial charge in [-0.3, -0.25) is 0 Å². The molecule has 32 heavy (non-hydrogen) atoms. The summed E-state index contributed by atoms with van der Waals surface area (Å²) in [5.41, 5.74) is 0.413. The molecule has 0 fully saturated rings. The van der Waals surface area contributed by atoms with E-state index < -0.39 is 11.6 Å². The molecule has 0 unspecified atom stereocenters. The third kappa shape index (κ3) is 3.50. The van der Waals surface area contributed by atoms with Crippen LogP contribution in [0.15, 0.2) is 69.9 Å². The van der Waals surface area contributed by atoms with E-state index in [0.29, 0.717) is 16.7 Å². The Morgan fingerprint density at radius 1 is 1.03 bits per heavy atom. The zero-order valence-corrected chi connectivity index (χ0v) is 18.4. The van der Waals surface area contributed by atoms with E-state index in [-0.39, 0.29) is 5.56 Å². The van der Waals surface area contributed by atoms with Crippen LogP contribution in [-0.2, 0) is 0 Å². The summed E-state index contributed by atoms with van der Waals surface area (Å²) in [5, 5.41) is 3.51. The first-order chi connectivity index (χ1) is 15.6. The second kappa shape index (κ2) is 8.09. The van der Waals surface area contributed by atoms with Crippen LogP contribution in [-0.4, -0.2) is 24.0 Å². The Labute approximate surface area is 187 Å². The van der Waals surface area contributed by atoms with Crippen LogP contribution in [0.3, 0.4) is 0 Å². The number of aromatic nitrogens is 1. The molecule has 0 atom stereocenters. The highest BCUT2D eigenvalue weighted by Crippen LogP contribution is 2.32. The van der Waals surface area contributed by atoms with Crippen molar-refractivity contribution >= 4 is 54.4 Å². The molecule has 3 aromatic carbocycles. The van der Waals surface area contributed by atoms with Gasteiger partial charge >= 0.3 is 11.6 Å². The molecule has 2 aromatic heterocycles. The Morgan fingerprint density at radius 2 is 1.84 bits per heavy atom. The monoisotopic (exact) mass is 444 g/mol. The number of hydrogen-bond donors (Lipinski definition) is 0. The quantitative estimate of drug-likeness (QED) is 0.152. The van der Waals surface area contributed by atoms with Gasteiger partial charge in [-0.2, -0.15) is 0 Å². The van der Waals surface area contributed by atoms with Gasteiger partial charge in [-0.1, -0.05) is 41.7 Å². The molecule has 5 aromatic rings. The van der Waals surface area contributed by atoms with Gasteiger partial charge in [0.25, 0.3) is 0 Å². The number of anilines is 1. The fraction of sp³-hybridized carbons (Fsp3) is 0.160. The molecule has 0 aliphatic carbocycles. The molecule has 0 radical (unpaired) electrons. The third-order valence-corrected chi connectivity index (χ3v) is 6.53. The van der Waals surface area contributed by atoms with E-state index in [1.54, 1.807) is 35.6 Å². The maximum atomic E-state index is 12.9. The van der Waals surface area contributed by atoms with Crippen LogP contribution >= 0.6 is 11.3 Å². The summed E-state index contributed by atoms with van der Waals surface area (Å²) in [6, 6.07) is 18.2. The van der Waals surface area contributed by atoms with Crippen LogP contribution in [0.4, 0.5) is 5.13 Å². The van der Waals surface area contributed by atoms with Gasteiger partial charge < -0.3 is 14.1 Å². The molecule has 160 valence electrons. The van der Waals surface area contributed by atoms with Crippen molar-refractivity contribution in [3.8, 4) is 5.75 Å². The number of rotatable bonds is 5. The van der Waals surface area contributed by atoms with Gasteiger partial charge in [0.15, 0.2) is 5.13 Å². The van der Waals surface area contributed by atoms with Crippen LogP contribution in [0, 0.1) is 0 Å². The Balaban J connectivity index is 1.50. The Morgan fingerprint density at radius 3 is 2.66 bits per heavy atom. The Kier molecular flexibility index (Phi) is 5.11. The SMILES string of the molecule is CCN(CC)c1nc2ccc(OC(=O)c3cc4c(ccc5ccccc54)oc3=O)cc2s1. The van der Waals surface area contributed by atoms with E-state index in [9.17, 15) is 9.59 Å². The Hall–Kier alpha value is -3.71. The first kappa shape index (κ1) is 20.2. The summed E-state index contributed by atoms with van der Waals surface area (Å²) >= 11 is 1.54. The van der Waals surface area contributed by atoms with Crippen LogP contribution in [0.5, 0.6) is 5.75 Å². The van der Waals surface area contributed by atoms with Gasteiger partial charge in [0.1, 0.15) is 16.9 Å². The van der Waals surface area contributed by atoms with E-state index >= 15 is 0 Å². The standard InChI is InChI=1S/C25H20N2O4S/c1-3-27(4-2)25-26-20-11-10-16(13-22(20)32-25)30-23(28)19-14-18-17-8-6-5-7-15(17)9-12-21(18)31-24(19)29/h5-14H,3-4H2,1-2H3. The summed E-state index contributed by atoms with van der Waals surface area (Å²) in [5.74, 6) is -0.393. The highest BCUT2D eigenvalue weighted by atomic mass is 32.1. The highest BCUT2D eigenvalue weighted by molar-refractivity contribution is 7.22. The van der Waals surface area contributed by atoms with E-state index in [2.05, 4.69) is 23.7 Å². The van der Waals surface area contributed by atoms with Crippen LogP contribution in [0.2, 0.25) is 0 Å². The molecule has 0 aliphatic heterocycles. The van der Waals surface area contributed by atoms with Crippen LogP contribution in [0.25, 0.3) is 32.0 Å². The molecule has 5 rings (SSSR count). The number of esters is 1. The molecule has 2 heterocycles. The van der Waals surface area contributed by atoms with Crippen molar-refractivity contribution in [2.24, 2.45) is 0 Å². The number of carbonyl (C=O) groups is 1. The van der Waals surface area contributed by atoms with Crippen molar-refractivity contribution < 1.29 is 13.9 Å². The van der Waals surface area contributed by atoms with Gasteiger partial charge in [-0.05, 0) is 48.9 Å². The fourth-order valence-electron chi connectivity index (χ4n) is 3.76. The number of ether oxygens (including phenoxy) is 1. The maximum Gasteiger partial charge on any atom is 0.351 e. The summed E-state index contributed by atoms with van der Waals surface area (Å²) in [7, 11) is 0. The lowest BCUT2D eigenvalue weighted by molar-refractivity contribution is 0.0731. The molecular weight excluding hydrogens is 424 g/mol. The first-order valence-electron chi connectivity index (χ1n) is 10.4. The second-order valence-corrected chi connectivity index (χ2v) is 8.34. The highest BCUT2D eigenvalue weighted by Gasteiger charge is 2.18. The smallest absolute Gasteiger partial charge is 0.351 e. The lowest BCUT2D eigenvalue weighted by Gasteiger charge is -2.16. The van der Waals surface area contributed by atoms with Gasteiger partial charge in [0.2, 0.25) is 0 Å². The average molecular weight is 445 g/mol. The van der Waals surface area contributed by atoms with Crippen LogP contribution in [0.1, 0.15) is 24.2 Å². The largest absolute Gasteiger partial charge is 0.423 e. The molecule has 6 nitrogen and oxygen atoms in total. The fourth-order valence-corrected chi connectivity index (χ4v) is 4.88. The summed E-state index contributed by atoms with van der Waals surface area (Å²) in [6.07, 6.45) is 0. The van der Waals surface area contributed by atoms with E-state index in [1.807, 2.05) is 36.4 Å². The number of hydrogen-bond acceptors (Lipinski definition) is 7. The minimum absolute atomic E-state index is 0.137. The minimum atomic E-state index is -0.749. The molecule has 0 spiro atoms. The van der Waals surface area contributed by atoms with Crippen molar-refractivity contribution in [2.45, 2.75) is 13.8 Å². The summed E-state index contributed by atoms with van der Waals surface area (Å²) < 4.78 is 11.9. The molecular formula is C25H20N2O4S. The van der Waals surface area contributed by atoms with Crippen molar-refractivity contribution in [1.29, 1.82) is 0 Å². The van der Waals surface area contributed by atoms with Gasteiger partial charge in [0, 0.05) is 24.5 Å². The van der Waals surface area contributed by atoms with Gasteiger partial charge in [0.05, 0.1) is 10.2 Å². The maximum absolute atomic E-state index is 12.9. The van der Waals surface area contributed by atoms with E-state index in [0.717, 1.165) is 39.2 Å². The molecule has 7 heteroatoms. The summed E-state index contributed by atoms with van der Waals surface area (Å²) in [6.45, 7) is 5.90. The number of nitrogens with zero attached hydrogens (tertiary/aromatic N) is 2. The minimum Gasteiger partial charge on any atom is -0.423 e. The first-order valence-corrected chi connectivity index (χ1v) is 11.2. The van der Waals surface area contributed by atoms with E-state index in [4.69, 9.17) is 9.15 Å². The molecule has 0 saturated carbocycles. The van der Waals surface area contributed by atoms with Gasteiger partial charge in [-0.25, -0.2) is 14.6 Å². The van der Waals surface area contributed by atoms with Crippen molar-refractivity contribution in [3.63, 3.8) is 0 Å². The van der Waals surface area contributed by atoms with E-state index in [1.165, 1.54) is 0 Å². The molecule has 0 aliphatic rings. The third-order valence-electron chi connectivity index (χ3n) is 5.45. The Bertz CT molecular complexity index is 1530. The number of benzene rings is 3. The molecule has 0 amide bonds. The van der Waals surface area contributed by atoms with Crippen molar-refractivity contribution in [2.75, 3.05) is 18.0 Å². The van der Waals surface area contributed by atoms with Crippen molar-refractivity contribution in [3.05, 3.63) is 76.6 Å². The summed E-state index contributed by atoms with van der Waals surface area (Å²) in [4.78, 5) is 32.1. The topological polar surface area (TPSA) is 72.6 Å². The lowest BCUT2D eigenvalue weighted by Crippen LogP contribution is -2.21.